The van der Waals surface area contributed by atoms with Crippen molar-refractivity contribution in [3.8, 4) is 0 Å². The summed E-state index contributed by atoms with van der Waals surface area (Å²) >= 11 is 1.51. The number of hydrogen-bond acceptors (Lipinski definition) is 4. The van der Waals surface area contributed by atoms with E-state index < -0.39 is 0 Å². The molecule has 0 saturated heterocycles. The van der Waals surface area contributed by atoms with Crippen molar-refractivity contribution in [3.05, 3.63) is 46.1 Å². The van der Waals surface area contributed by atoms with Gasteiger partial charge in [0.15, 0.2) is 0 Å². The number of carbonyl (C=O) groups excluding carboxylic acids is 1. The molecule has 0 radical (unpaired) electrons. The van der Waals surface area contributed by atoms with Crippen molar-refractivity contribution in [1.82, 2.24) is 4.57 Å². The summed E-state index contributed by atoms with van der Waals surface area (Å²) in [6.07, 6.45) is 1.73. The zero-order valence-corrected chi connectivity index (χ0v) is 12.6. The second-order valence-corrected chi connectivity index (χ2v) is 6.03. The summed E-state index contributed by atoms with van der Waals surface area (Å²) in [6.45, 7) is 2.04. The third kappa shape index (κ3) is 3.43. The van der Waals surface area contributed by atoms with Gasteiger partial charge in [0.05, 0.1) is 17.3 Å². The van der Waals surface area contributed by atoms with Crippen molar-refractivity contribution in [3.63, 3.8) is 0 Å². The van der Waals surface area contributed by atoms with Crippen LogP contribution in [-0.2, 0) is 0 Å². The minimum absolute atomic E-state index is 0.0977. The van der Waals surface area contributed by atoms with Gasteiger partial charge in [-0.1, -0.05) is 18.2 Å². The van der Waals surface area contributed by atoms with E-state index in [0.29, 0.717) is 6.54 Å². The van der Waals surface area contributed by atoms with Crippen LogP contribution in [0.25, 0.3) is 10.9 Å². The molecule has 1 aromatic carbocycles. The van der Waals surface area contributed by atoms with Crippen LogP contribution in [0.4, 0.5) is 0 Å². The number of carbonyl (C=O) groups is 1. The molecule has 0 aliphatic rings. The maximum atomic E-state index is 11.7. The van der Waals surface area contributed by atoms with E-state index in [1.54, 1.807) is 10.8 Å². The molecule has 0 unspecified atom stereocenters. The van der Waals surface area contributed by atoms with Crippen LogP contribution in [0.15, 0.2) is 30.5 Å². The van der Waals surface area contributed by atoms with E-state index in [4.69, 9.17) is 0 Å². The first-order valence-corrected chi connectivity index (χ1v) is 7.73. The quantitative estimate of drug-likeness (QED) is 0.648. The Bertz CT molecular complexity index is 669. The lowest BCUT2D eigenvalue weighted by molar-refractivity contribution is -0.479. The van der Waals surface area contributed by atoms with Crippen molar-refractivity contribution in [2.75, 3.05) is 18.8 Å². The van der Waals surface area contributed by atoms with Crippen LogP contribution >= 0.6 is 11.8 Å². The molecule has 2 aromatic rings. The molecular formula is C14H18N3O3S+. The van der Waals surface area contributed by atoms with Crippen LogP contribution in [0.2, 0.25) is 0 Å². The average Bonchev–Trinajstić information content (AvgIpc) is 2.83. The number of nitrogens with zero attached hydrogens (tertiary/aromatic N) is 2. The number of nitro groups is 1. The van der Waals surface area contributed by atoms with Crippen molar-refractivity contribution in [2.45, 2.75) is 12.2 Å². The van der Waals surface area contributed by atoms with Crippen LogP contribution in [-0.4, -0.2) is 34.2 Å². The second-order valence-electron chi connectivity index (χ2n) is 4.72. The van der Waals surface area contributed by atoms with E-state index in [2.05, 4.69) is 5.73 Å². The highest BCUT2D eigenvalue weighted by atomic mass is 32.2. The Balaban J connectivity index is 2.51. The van der Waals surface area contributed by atoms with Crippen LogP contribution < -0.4 is 5.73 Å². The van der Waals surface area contributed by atoms with E-state index in [9.17, 15) is 14.9 Å². The minimum atomic E-state index is -0.305. The molecule has 7 heteroatoms. The Morgan fingerprint density at radius 1 is 1.48 bits per heavy atom. The number of para-hydroxylation sites is 1. The highest BCUT2D eigenvalue weighted by Gasteiger charge is 2.23. The smallest absolute Gasteiger partial charge is 0.227 e. The van der Waals surface area contributed by atoms with E-state index in [0.717, 1.165) is 22.2 Å². The van der Waals surface area contributed by atoms with Crippen LogP contribution in [0.1, 0.15) is 22.5 Å². The Labute approximate surface area is 126 Å². The maximum Gasteiger partial charge on any atom is 0.227 e. The monoisotopic (exact) mass is 308 g/mol. The highest BCUT2D eigenvalue weighted by Crippen LogP contribution is 2.35. The maximum absolute atomic E-state index is 11.7. The molecule has 0 bridgehead atoms. The molecule has 0 spiro atoms. The highest BCUT2D eigenvalue weighted by molar-refractivity contribution is 7.99. The number of fused-ring (bicyclic) bond motifs is 1. The lowest BCUT2D eigenvalue weighted by Crippen LogP contribution is -2.51. The number of thioether (sulfide) groups is 1. The van der Waals surface area contributed by atoms with Gasteiger partial charge in [0.1, 0.15) is 0 Å². The molecular weight excluding hydrogens is 290 g/mol. The molecule has 6 nitrogen and oxygen atoms in total. The first-order valence-electron chi connectivity index (χ1n) is 6.68. The van der Waals surface area contributed by atoms with E-state index in [1.807, 2.05) is 24.3 Å². The van der Waals surface area contributed by atoms with Gasteiger partial charge in [0.25, 0.3) is 0 Å². The van der Waals surface area contributed by atoms with Gasteiger partial charge in [-0.15, -0.1) is 11.8 Å². The summed E-state index contributed by atoms with van der Waals surface area (Å²) in [6, 6.07) is 7.50. The topological polar surface area (TPSA) is 92.8 Å². The molecule has 0 amide bonds. The summed E-state index contributed by atoms with van der Waals surface area (Å²) in [5.41, 5.74) is 5.41. The molecule has 112 valence electrons. The normalized spacial score (nSPS) is 12.5. The first kappa shape index (κ1) is 15.5. The SMILES string of the molecule is CC(=O)n1cc([C@@H](C[N+](=O)[O-])SCC[NH3+])c2ccccc21. The van der Waals surface area contributed by atoms with Gasteiger partial charge in [-0.25, -0.2) is 0 Å². The van der Waals surface area contributed by atoms with E-state index >= 15 is 0 Å². The molecule has 0 aliphatic heterocycles. The summed E-state index contributed by atoms with van der Waals surface area (Å²) in [4.78, 5) is 22.4. The number of quaternary nitrogens is 1. The Morgan fingerprint density at radius 2 is 2.19 bits per heavy atom. The van der Waals surface area contributed by atoms with Gasteiger partial charge in [0, 0.05) is 29.2 Å². The lowest BCUT2D eigenvalue weighted by Gasteiger charge is -2.10. The fourth-order valence-electron chi connectivity index (χ4n) is 2.32. The van der Waals surface area contributed by atoms with Crippen molar-refractivity contribution in [1.29, 1.82) is 0 Å². The molecule has 0 aliphatic carbocycles. The fraction of sp³-hybridized carbons (Fsp3) is 0.357. The molecule has 21 heavy (non-hydrogen) atoms. The first-order chi connectivity index (χ1) is 10.0. The molecule has 1 atom stereocenters. The Morgan fingerprint density at radius 3 is 2.81 bits per heavy atom. The summed E-state index contributed by atoms with van der Waals surface area (Å²) in [7, 11) is 0. The predicted molar refractivity (Wildman–Crippen MR) is 83.1 cm³/mol. The van der Waals surface area contributed by atoms with Gasteiger partial charge in [-0.2, -0.15) is 0 Å². The van der Waals surface area contributed by atoms with Gasteiger partial charge >= 0.3 is 0 Å². The number of benzene rings is 1. The van der Waals surface area contributed by atoms with Crippen LogP contribution in [0.5, 0.6) is 0 Å². The predicted octanol–water partition coefficient (Wildman–Crippen LogP) is 1.59. The fourth-order valence-corrected chi connectivity index (χ4v) is 3.37. The van der Waals surface area contributed by atoms with Gasteiger partial charge < -0.3 is 5.73 Å². The molecule has 2 rings (SSSR count). The zero-order valence-electron chi connectivity index (χ0n) is 11.8. The van der Waals surface area contributed by atoms with Gasteiger partial charge in [-0.3, -0.25) is 19.5 Å². The Kier molecular flexibility index (Phi) is 4.98. The summed E-state index contributed by atoms with van der Waals surface area (Å²) in [5.74, 6) is 0.650. The number of hydrogen-bond donors (Lipinski definition) is 1. The molecule has 1 aromatic heterocycles. The van der Waals surface area contributed by atoms with E-state index in [-0.39, 0.29) is 22.6 Å². The second kappa shape index (κ2) is 6.73. The number of aromatic nitrogens is 1. The molecule has 1 heterocycles. The summed E-state index contributed by atoms with van der Waals surface area (Å²) in [5, 5.41) is 11.6. The average molecular weight is 308 g/mol. The summed E-state index contributed by atoms with van der Waals surface area (Å²) < 4.78 is 1.56. The van der Waals surface area contributed by atoms with Crippen molar-refractivity contribution in [2.24, 2.45) is 0 Å². The largest absolute Gasteiger partial charge is 0.357 e. The van der Waals surface area contributed by atoms with Crippen LogP contribution in [0.3, 0.4) is 0 Å². The molecule has 0 fully saturated rings. The molecule has 0 saturated carbocycles. The van der Waals surface area contributed by atoms with Crippen molar-refractivity contribution < 1.29 is 15.5 Å². The minimum Gasteiger partial charge on any atom is -0.357 e. The number of rotatable bonds is 6. The standard InChI is InChI=1S/C14H17N3O3S/c1-10(18)16-8-12(11-4-2-3-5-13(11)16)14(9-17(19)20)21-7-6-15/h2-5,8,14H,6-7,9,15H2,1H3/p+1/t14-/m1/s1. The third-order valence-corrected chi connectivity index (χ3v) is 4.54. The lowest BCUT2D eigenvalue weighted by atomic mass is 10.1. The zero-order chi connectivity index (χ0) is 15.4. The van der Waals surface area contributed by atoms with Gasteiger partial charge in [-0.05, 0) is 11.6 Å². The van der Waals surface area contributed by atoms with Crippen molar-refractivity contribution >= 4 is 28.6 Å². The third-order valence-electron chi connectivity index (χ3n) is 3.21. The Hall–Kier alpha value is -1.86. The molecule has 3 N–H and O–H groups in total. The van der Waals surface area contributed by atoms with Gasteiger partial charge in [0.2, 0.25) is 12.5 Å². The van der Waals surface area contributed by atoms with Crippen LogP contribution in [0, 0.1) is 10.1 Å². The van der Waals surface area contributed by atoms with E-state index in [1.165, 1.54) is 18.7 Å².